The summed E-state index contributed by atoms with van der Waals surface area (Å²) in [7, 11) is 1.88. The number of rotatable bonds is 5. The molecule has 2 aromatic heterocycles. The largest absolute Gasteiger partial charge is 0.390 e. The number of aliphatic hydroxyl groups is 1. The van der Waals surface area contributed by atoms with Gasteiger partial charge in [-0.3, -0.25) is 0 Å². The van der Waals surface area contributed by atoms with Crippen LogP contribution < -0.4 is 0 Å². The Morgan fingerprint density at radius 3 is 2.68 bits per heavy atom. The van der Waals surface area contributed by atoms with Crippen molar-refractivity contribution in [2.75, 3.05) is 0 Å². The summed E-state index contributed by atoms with van der Waals surface area (Å²) in [5.74, 6) is 1.57. The minimum absolute atomic E-state index is 0.0174. The summed E-state index contributed by atoms with van der Waals surface area (Å²) in [6.07, 6.45) is 1.67. The van der Waals surface area contributed by atoms with Gasteiger partial charge in [0.05, 0.1) is 23.7 Å². The summed E-state index contributed by atoms with van der Waals surface area (Å²) in [6.45, 7) is 6.03. The molecule has 19 heavy (non-hydrogen) atoms. The molecule has 2 heterocycles. The van der Waals surface area contributed by atoms with Crippen molar-refractivity contribution < 1.29 is 9.63 Å². The second-order valence-electron chi connectivity index (χ2n) is 4.65. The molecule has 1 unspecified atom stereocenters. The van der Waals surface area contributed by atoms with E-state index in [1.54, 1.807) is 6.20 Å². The summed E-state index contributed by atoms with van der Waals surface area (Å²) in [6, 6.07) is 0. The van der Waals surface area contributed by atoms with Crippen molar-refractivity contribution in [2.24, 2.45) is 7.05 Å². The first-order chi connectivity index (χ1) is 9.02. The van der Waals surface area contributed by atoms with Crippen molar-refractivity contribution in [2.45, 2.75) is 43.7 Å². The van der Waals surface area contributed by atoms with Crippen LogP contribution in [0.3, 0.4) is 0 Å². The standard InChI is InChI=1S/C12H18N4O2S/c1-7(2)10-14-11(18-15-10)8(3)19-12-13-5-9(6-17)16(12)4/h5,7-8,17H,6H2,1-4H3. The van der Waals surface area contributed by atoms with Gasteiger partial charge in [-0.25, -0.2) is 4.98 Å². The van der Waals surface area contributed by atoms with E-state index in [0.29, 0.717) is 5.89 Å². The maximum atomic E-state index is 9.14. The van der Waals surface area contributed by atoms with Gasteiger partial charge in [0.2, 0.25) is 5.89 Å². The van der Waals surface area contributed by atoms with Crippen molar-refractivity contribution >= 4 is 11.8 Å². The fraction of sp³-hybridized carbons (Fsp3) is 0.583. The number of hydrogen-bond donors (Lipinski definition) is 1. The van der Waals surface area contributed by atoms with Crippen molar-refractivity contribution in [1.82, 2.24) is 19.7 Å². The first-order valence-corrected chi connectivity index (χ1v) is 7.02. The Morgan fingerprint density at radius 2 is 2.16 bits per heavy atom. The van der Waals surface area contributed by atoms with Crippen molar-refractivity contribution in [3.05, 3.63) is 23.6 Å². The third-order valence-corrected chi connectivity index (χ3v) is 3.95. The van der Waals surface area contributed by atoms with Gasteiger partial charge in [0.25, 0.3) is 0 Å². The molecule has 2 aromatic rings. The molecule has 0 amide bonds. The topological polar surface area (TPSA) is 77.0 Å². The van der Waals surface area contributed by atoms with Crippen LogP contribution in [0, 0.1) is 0 Å². The second kappa shape index (κ2) is 5.75. The molecule has 7 heteroatoms. The van der Waals surface area contributed by atoms with Crippen LogP contribution in [0.2, 0.25) is 0 Å². The first-order valence-electron chi connectivity index (χ1n) is 6.14. The summed E-state index contributed by atoms with van der Waals surface area (Å²) in [4.78, 5) is 8.65. The molecule has 2 rings (SSSR count). The lowest BCUT2D eigenvalue weighted by Crippen LogP contribution is -1.99. The second-order valence-corrected chi connectivity index (χ2v) is 5.96. The van der Waals surface area contributed by atoms with Gasteiger partial charge in [-0.15, -0.1) is 0 Å². The van der Waals surface area contributed by atoms with E-state index in [1.807, 2.05) is 32.4 Å². The molecule has 0 aliphatic heterocycles. The molecule has 0 spiro atoms. The molecular weight excluding hydrogens is 264 g/mol. The highest BCUT2D eigenvalue weighted by Gasteiger charge is 2.19. The molecule has 0 aliphatic carbocycles. The van der Waals surface area contributed by atoms with E-state index in [2.05, 4.69) is 15.1 Å². The van der Waals surface area contributed by atoms with Gasteiger partial charge in [0, 0.05) is 13.0 Å². The molecule has 0 aromatic carbocycles. The van der Waals surface area contributed by atoms with Gasteiger partial charge >= 0.3 is 0 Å². The lowest BCUT2D eigenvalue weighted by Gasteiger charge is -2.07. The van der Waals surface area contributed by atoms with E-state index in [0.717, 1.165) is 16.7 Å². The van der Waals surface area contributed by atoms with Crippen molar-refractivity contribution in [3.63, 3.8) is 0 Å². The predicted octanol–water partition coefficient (Wildman–Crippen LogP) is 2.27. The smallest absolute Gasteiger partial charge is 0.239 e. The number of aliphatic hydroxyl groups excluding tert-OH is 1. The Kier molecular flexibility index (Phi) is 4.26. The minimum Gasteiger partial charge on any atom is -0.390 e. The Hall–Kier alpha value is -1.34. The van der Waals surface area contributed by atoms with Crippen LogP contribution in [0.5, 0.6) is 0 Å². The highest BCUT2D eigenvalue weighted by molar-refractivity contribution is 7.99. The SMILES string of the molecule is CC(C)c1noc(C(C)Sc2ncc(CO)n2C)n1. The number of aromatic nitrogens is 4. The van der Waals surface area contributed by atoms with Gasteiger partial charge in [0.15, 0.2) is 11.0 Å². The Labute approximate surface area is 116 Å². The maximum absolute atomic E-state index is 9.14. The number of imidazole rings is 1. The Balaban J connectivity index is 2.11. The Morgan fingerprint density at radius 1 is 1.42 bits per heavy atom. The molecule has 0 saturated heterocycles. The fourth-order valence-electron chi connectivity index (χ4n) is 1.54. The zero-order valence-corrected chi connectivity index (χ0v) is 12.3. The molecule has 0 radical (unpaired) electrons. The van der Waals surface area contributed by atoms with E-state index < -0.39 is 0 Å². The van der Waals surface area contributed by atoms with E-state index >= 15 is 0 Å². The lowest BCUT2D eigenvalue weighted by atomic mass is 10.2. The number of nitrogens with zero attached hydrogens (tertiary/aromatic N) is 4. The molecule has 0 fully saturated rings. The lowest BCUT2D eigenvalue weighted by molar-refractivity contribution is 0.271. The molecule has 0 aliphatic rings. The van der Waals surface area contributed by atoms with Crippen LogP contribution in [-0.2, 0) is 13.7 Å². The first kappa shape index (κ1) is 14.1. The zero-order chi connectivity index (χ0) is 14.0. The highest BCUT2D eigenvalue weighted by atomic mass is 32.2. The van der Waals surface area contributed by atoms with Crippen LogP contribution in [0.1, 0.15) is 49.3 Å². The van der Waals surface area contributed by atoms with Crippen LogP contribution in [0.4, 0.5) is 0 Å². The monoisotopic (exact) mass is 282 g/mol. The van der Waals surface area contributed by atoms with E-state index in [9.17, 15) is 0 Å². The average Bonchev–Trinajstić information content (AvgIpc) is 2.97. The summed E-state index contributed by atoms with van der Waals surface area (Å²) in [5, 5.41) is 13.9. The zero-order valence-electron chi connectivity index (χ0n) is 11.5. The Bertz CT molecular complexity index is 550. The number of hydrogen-bond acceptors (Lipinski definition) is 6. The fourth-order valence-corrected chi connectivity index (χ4v) is 2.44. The summed E-state index contributed by atoms with van der Waals surface area (Å²) in [5.41, 5.74) is 0.781. The molecule has 1 N–H and O–H groups in total. The van der Waals surface area contributed by atoms with Crippen LogP contribution in [0.25, 0.3) is 0 Å². The number of thioether (sulfide) groups is 1. The predicted molar refractivity (Wildman–Crippen MR) is 71.8 cm³/mol. The maximum Gasteiger partial charge on any atom is 0.239 e. The molecule has 0 saturated carbocycles. The average molecular weight is 282 g/mol. The van der Waals surface area contributed by atoms with E-state index in [1.165, 1.54) is 11.8 Å². The molecule has 6 nitrogen and oxygen atoms in total. The third-order valence-electron chi connectivity index (χ3n) is 2.81. The molecule has 0 bridgehead atoms. The highest BCUT2D eigenvalue weighted by Crippen LogP contribution is 2.33. The van der Waals surface area contributed by atoms with Crippen molar-refractivity contribution in [3.8, 4) is 0 Å². The normalized spacial score (nSPS) is 13.2. The van der Waals surface area contributed by atoms with Gasteiger partial charge < -0.3 is 14.2 Å². The van der Waals surface area contributed by atoms with E-state index in [4.69, 9.17) is 9.63 Å². The van der Waals surface area contributed by atoms with Gasteiger partial charge in [0.1, 0.15) is 0 Å². The minimum atomic E-state index is -0.0174. The van der Waals surface area contributed by atoms with Gasteiger partial charge in [-0.05, 0) is 6.92 Å². The van der Waals surface area contributed by atoms with E-state index in [-0.39, 0.29) is 17.8 Å². The van der Waals surface area contributed by atoms with Crippen LogP contribution in [0.15, 0.2) is 15.9 Å². The van der Waals surface area contributed by atoms with Crippen LogP contribution >= 0.6 is 11.8 Å². The summed E-state index contributed by atoms with van der Waals surface area (Å²) < 4.78 is 7.13. The van der Waals surface area contributed by atoms with Gasteiger partial charge in [-0.2, -0.15) is 4.98 Å². The third kappa shape index (κ3) is 2.98. The quantitative estimate of drug-likeness (QED) is 0.848. The molecular formula is C12H18N4O2S. The van der Waals surface area contributed by atoms with Gasteiger partial charge in [-0.1, -0.05) is 30.8 Å². The molecule has 1 atom stereocenters. The van der Waals surface area contributed by atoms with Crippen LogP contribution in [-0.4, -0.2) is 24.8 Å². The summed E-state index contributed by atoms with van der Waals surface area (Å²) >= 11 is 1.53. The molecule has 104 valence electrons. The van der Waals surface area contributed by atoms with Crippen molar-refractivity contribution in [1.29, 1.82) is 0 Å².